The van der Waals surface area contributed by atoms with Crippen molar-refractivity contribution in [1.29, 1.82) is 0 Å². The molecule has 110 valence electrons. The number of aryl methyl sites for hydroxylation is 1. The van der Waals surface area contributed by atoms with Gasteiger partial charge < -0.3 is 5.32 Å². The largest absolute Gasteiger partial charge is 0.350 e. The van der Waals surface area contributed by atoms with Crippen molar-refractivity contribution < 1.29 is 9.72 Å². The zero-order valence-electron chi connectivity index (χ0n) is 11.2. The summed E-state index contributed by atoms with van der Waals surface area (Å²) >= 11 is 5.73. The summed E-state index contributed by atoms with van der Waals surface area (Å²) in [6.45, 7) is 2.47. The Kier molecular flexibility index (Phi) is 4.54. The lowest BCUT2D eigenvalue weighted by molar-refractivity contribution is -0.385. The molecule has 1 heterocycles. The van der Waals surface area contributed by atoms with Gasteiger partial charge in [-0.15, -0.1) is 0 Å². The Labute approximate surface area is 125 Å². The second-order valence-electron chi connectivity index (χ2n) is 4.44. The van der Waals surface area contributed by atoms with Crippen LogP contribution in [-0.2, 0) is 6.54 Å². The molecule has 0 bridgehead atoms. The van der Waals surface area contributed by atoms with Gasteiger partial charge in [-0.3, -0.25) is 19.6 Å². The maximum Gasteiger partial charge on any atom is 0.272 e. The van der Waals surface area contributed by atoms with Crippen molar-refractivity contribution in [1.82, 2.24) is 15.1 Å². The molecule has 1 aromatic heterocycles. The number of carbonyl (C=O) groups excluding carboxylic acids is 1. The van der Waals surface area contributed by atoms with Gasteiger partial charge in [-0.05, 0) is 19.1 Å². The molecule has 0 spiro atoms. The number of nitro benzene ring substituents is 1. The predicted octanol–water partition coefficient (Wildman–Crippen LogP) is 2.18. The van der Waals surface area contributed by atoms with Gasteiger partial charge in [-0.2, -0.15) is 5.10 Å². The van der Waals surface area contributed by atoms with Crippen LogP contribution in [0.2, 0.25) is 5.02 Å². The van der Waals surface area contributed by atoms with Crippen LogP contribution in [0.25, 0.3) is 0 Å². The number of nitro groups is 1. The van der Waals surface area contributed by atoms with Crippen LogP contribution < -0.4 is 5.32 Å². The molecule has 7 nitrogen and oxygen atoms in total. The average molecular weight is 309 g/mol. The Hall–Kier alpha value is -2.41. The molecule has 1 aromatic carbocycles. The second-order valence-corrected chi connectivity index (χ2v) is 4.87. The first-order valence-corrected chi connectivity index (χ1v) is 6.56. The third kappa shape index (κ3) is 3.79. The van der Waals surface area contributed by atoms with E-state index in [0.29, 0.717) is 29.2 Å². The quantitative estimate of drug-likeness (QED) is 0.677. The van der Waals surface area contributed by atoms with Gasteiger partial charge in [0.25, 0.3) is 11.6 Å². The topological polar surface area (TPSA) is 90.1 Å². The summed E-state index contributed by atoms with van der Waals surface area (Å²) in [5.41, 5.74) is 0.834. The van der Waals surface area contributed by atoms with Crippen LogP contribution in [0.4, 0.5) is 5.69 Å². The van der Waals surface area contributed by atoms with Gasteiger partial charge in [0.05, 0.1) is 22.7 Å². The maximum atomic E-state index is 11.9. The van der Waals surface area contributed by atoms with Crippen molar-refractivity contribution in [2.24, 2.45) is 0 Å². The highest BCUT2D eigenvalue weighted by molar-refractivity contribution is 6.30. The first-order valence-electron chi connectivity index (χ1n) is 6.18. The minimum absolute atomic E-state index is 0.00210. The number of benzene rings is 1. The smallest absolute Gasteiger partial charge is 0.272 e. The fourth-order valence-electron chi connectivity index (χ4n) is 1.85. The molecule has 0 aliphatic carbocycles. The molecule has 2 aromatic rings. The first kappa shape index (κ1) is 15.0. The normalized spacial score (nSPS) is 10.4. The van der Waals surface area contributed by atoms with Gasteiger partial charge in [-0.1, -0.05) is 11.6 Å². The number of nitrogens with one attached hydrogen (secondary N) is 1. The van der Waals surface area contributed by atoms with Crippen LogP contribution in [0.5, 0.6) is 0 Å². The first-order chi connectivity index (χ1) is 9.97. The monoisotopic (exact) mass is 308 g/mol. The number of nitrogens with zero attached hydrogens (tertiary/aromatic N) is 3. The molecular formula is C13H13ClN4O3. The van der Waals surface area contributed by atoms with Crippen molar-refractivity contribution >= 4 is 23.2 Å². The molecule has 0 radical (unpaired) electrons. The number of hydrogen-bond acceptors (Lipinski definition) is 4. The predicted molar refractivity (Wildman–Crippen MR) is 77.4 cm³/mol. The number of aromatic nitrogens is 2. The minimum atomic E-state index is -0.474. The SMILES string of the molecule is Cc1cc(C(=O)NCCn2cc(Cl)cn2)ccc1[N+](=O)[O-]. The maximum absolute atomic E-state index is 11.9. The van der Waals surface area contributed by atoms with Gasteiger partial charge in [0.15, 0.2) is 0 Å². The molecule has 1 amide bonds. The second kappa shape index (κ2) is 6.36. The molecule has 0 aliphatic heterocycles. The molecule has 21 heavy (non-hydrogen) atoms. The highest BCUT2D eigenvalue weighted by atomic mass is 35.5. The van der Waals surface area contributed by atoms with Crippen molar-refractivity contribution in [3.8, 4) is 0 Å². The highest BCUT2D eigenvalue weighted by Gasteiger charge is 2.13. The molecule has 0 aliphatic rings. The van der Waals surface area contributed by atoms with E-state index in [2.05, 4.69) is 10.4 Å². The molecule has 1 N–H and O–H groups in total. The van der Waals surface area contributed by atoms with E-state index in [0.717, 1.165) is 0 Å². The molecule has 0 fully saturated rings. The van der Waals surface area contributed by atoms with E-state index >= 15 is 0 Å². The third-order valence-corrected chi connectivity index (χ3v) is 3.08. The van der Waals surface area contributed by atoms with Crippen LogP contribution in [0.15, 0.2) is 30.6 Å². The lowest BCUT2D eigenvalue weighted by Crippen LogP contribution is -2.27. The van der Waals surface area contributed by atoms with Crippen LogP contribution >= 0.6 is 11.6 Å². The minimum Gasteiger partial charge on any atom is -0.350 e. The van der Waals surface area contributed by atoms with Gasteiger partial charge in [0.2, 0.25) is 0 Å². The molecule has 0 saturated carbocycles. The van der Waals surface area contributed by atoms with Crippen LogP contribution in [0.1, 0.15) is 15.9 Å². The molecule has 0 unspecified atom stereocenters. The van der Waals surface area contributed by atoms with E-state index in [1.54, 1.807) is 17.8 Å². The van der Waals surface area contributed by atoms with Gasteiger partial charge >= 0.3 is 0 Å². The van der Waals surface area contributed by atoms with Gasteiger partial charge in [-0.25, -0.2) is 0 Å². The van der Waals surface area contributed by atoms with E-state index in [4.69, 9.17) is 11.6 Å². The Morgan fingerprint density at radius 3 is 2.86 bits per heavy atom. The molecule has 2 rings (SSSR count). The summed E-state index contributed by atoms with van der Waals surface area (Å²) in [6.07, 6.45) is 3.17. The van der Waals surface area contributed by atoms with Crippen LogP contribution in [-0.4, -0.2) is 27.2 Å². The number of carbonyl (C=O) groups is 1. The van der Waals surface area contributed by atoms with E-state index in [-0.39, 0.29) is 11.6 Å². The van der Waals surface area contributed by atoms with E-state index in [1.165, 1.54) is 24.4 Å². The summed E-state index contributed by atoms with van der Waals surface area (Å²) in [7, 11) is 0. The lowest BCUT2D eigenvalue weighted by Gasteiger charge is -2.06. The molecule has 0 atom stereocenters. The van der Waals surface area contributed by atoms with E-state index < -0.39 is 4.92 Å². The fraction of sp³-hybridized carbons (Fsp3) is 0.231. The molecule has 0 saturated heterocycles. The van der Waals surface area contributed by atoms with Crippen molar-refractivity contribution in [2.75, 3.05) is 6.54 Å². The van der Waals surface area contributed by atoms with Crippen molar-refractivity contribution in [2.45, 2.75) is 13.5 Å². The lowest BCUT2D eigenvalue weighted by atomic mass is 10.1. The summed E-state index contributed by atoms with van der Waals surface area (Å²) < 4.78 is 1.61. The van der Waals surface area contributed by atoms with Crippen LogP contribution in [0.3, 0.4) is 0 Å². The average Bonchev–Trinajstić information content (AvgIpc) is 2.83. The van der Waals surface area contributed by atoms with E-state index in [9.17, 15) is 14.9 Å². The van der Waals surface area contributed by atoms with Crippen molar-refractivity contribution in [3.63, 3.8) is 0 Å². The summed E-state index contributed by atoms with van der Waals surface area (Å²) in [5.74, 6) is -0.286. The standard InChI is InChI=1S/C13H13ClN4O3/c1-9-6-10(2-3-12(9)18(20)21)13(19)15-4-5-17-8-11(14)7-16-17/h2-3,6-8H,4-5H2,1H3,(H,15,19). The Morgan fingerprint density at radius 2 is 2.29 bits per heavy atom. The molecule has 8 heteroatoms. The van der Waals surface area contributed by atoms with Gasteiger partial charge in [0, 0.05) is 29.9 Å². The summed E-state index contributed by atoms with van der Waals surface area (Å²) in [4.78, 5) is 22.2. The zero-order chi connectivity index (χ0) is 15.4. The third-order valence-electron chi connectivity index (χ3n) is 2.88. The summed E-state index contributed by atoms with van der Waals surface area (Å²) in [6, 6.07) is 4.26. The van der Waals surface area contributed by atoms with Crippen molar-refractivity contribution in [3.05, 3.63) is 56.9 Å². The fourth-order valence-corrected chi connectivity index (χ4v) is 2.00. The highest BCUT2D eigenvalue weighted by Crippen LogP contribution is 2.18. The molecular weight excluding hydrogens is 296 g/mol. The van der Waals surface area contributed by atoms with E-state index in [1.807, 2.05) is 0 Å². The van der Waals surface area contributed by atoms with Crippen LogP contribution in [0, 0.1) is 17.0 Å². The van der Waals surface area contributed by atoms with Gasteiger partial charge in [0.1, 0.15) is 0 Å². The summed E-state index contributed by atoms with van der Waals surface area (Å²) in [5, 5.41) is 18.0. The number of hydrogen-bond donors (Lipinski definition) is 1. The number of amides is 1. The zero-order valence-corrected chi connectivity index (χ0v) is 12.0. The number of rotatable bonds is 5. The Morgan fingerprint density at radius 1 is 1.52 bits per heavy atom. The number of halogens is 1. The Bertz CT molecular complexity index is 684. The Balaban J connectivity index is 1.94.